The summed E-state index contributed by atoms with van der Waals surface area (Å²) in [6.07, 6.45) is 9.26. The van der Waals surface area contributed by atoms with Crippen molar-refractivity contribution < 1.29 is 4.79 Å². The summed E-state index contributed by atoms with van der Waals surface area (Å²) in [7, 11) is 0. The Bertz CT molecular complexity index is 171. The topological polar surface area (TPSA) is 29.1 Å². The van der Waals surface area contributed by atoms with Gasteiger partial charge in [-0.15, -0.1) is 0 Å². The van der Waals surface area contributed by atoms with Gasteiger partial charge >= 0.3 is 0 Å². The van der Waals surface area contributed by atoms with E-state index < -0.39 is 0 Å². The van der Waals surface area contributed by atoms with Crippen molar-refractivity contribution in [2.75, 3.05) is 6.54 Å². The van der Waals surface area contributed by atoms with Gasteiger partial charge in [-0.25, -0.2) is 0 Å². The van der Waals surface area contributed by atoms with Gasteiger partial charge < -0.3 is 5.32 Å². The minimum absolute atomic E-state index is 0.229. The average Bonchev–Trinajstić information content (AvgIpc) is 2.22. The molecule has 0 aromatic heterocycles. The zero-order chi connectivity index (χ0) is 12.2. The molecule has 96 valence electrons. The number of rotatable bonds is 10. The van der Waals surface area contributed by atoms with Crippen molar-refractivity contribution in [1.82, 2.24) is 5.32 Å². The van der Waals surface area contributed by atoms with Gasteiger partial charge in [0.1, 0.15) is 0 Å². The Labute approximate surface area is 114 Å². The molecule has 0 aliphatic heterocycles. The number of carbonyl (C=O) groups excluding carboxylic acids is 1. The number of nitrogens with one attached hydrogen (secondary N) is 1. The molecule has 1 N–H and O–H groups in total. The molecule has 0 bridgehead atoms. The first-order valence-corrected chi connectivity index (χ1v) is 7.82. The van der Waals surface area contributed by atoms with Crippen LogP contribution in [0.3, 0.4) is 0 Å². The SMILES string of the molecule is CCCCCCCCC(=O)NCCC(C)I. The Morgan fingerprint density at radius 2 is 1.81 bits per heavy atom. The lowest BCUT2D eigenvalue weighted by Crippen LogP contribution is -2.25. The van der Waals surface area contributed by atoms with Crippen LogP contribution in [0.25, 0.3) is 0 Å². The monoisotopic (exact) mass is 339 g/mol. The van der Waals surface area contributed by atoms with Gasteiger partial charge in [0.15, 0.2) is 0 Å². The van der Waals surface area contributed by atoms with Crippen LogP contribution < -0.4 is 5.32 Å². The highest BCUT2D eigenvalue weighted by molar-refractivity contribution is 14.1. The quantitative estimate of drug-likeness (QED) is 0.363. The van der Waals surface area contributed by atoms with Gasteiger partial charge in [-0.05, 0) is 12.8 Å². The molecule has 0 radical (unpaired) electrons. The summed E-state index contributed by atoms with van der Waals surface area (Å²) >= 11 is 2.39. The third-order valence-corrected chi connectivity index (χ3v) is 3.24. The summed E-state index contributed by atoms with van der Waals surface area (Å²) in [5, 5.41) is 2.97. The molecule has 0 heterocycles. The molecule has 2 nitrogen and oxygen atoms in total. The second-order valence-corrected chi connectivity index (χ2v) is 6.56. The smallest absolute Gasteiger partial charge is 0.219 e. The third kappa shape index (κ3) is 12.3. The largest absolute Gasteiger partial charge is 0.356 e. The molecule has 0 aromatic carbocycles. The Balaban J connectivity index is 3.17. The molecule has 0 spiro atoms. The van der Waals surface area contributed by atoms with Crippen molar-refractivity contribution in [2.45, 2.75) is 69.1 Å². The summed E-state index contributed by atoms with van der Waals surface area (Å²) in [5.74, 6) is 0.229. The lowest BCUT2D eigenvalue weighted by molar-refractivity contribution is -0.121. The average molecular weight is 339 g/mol. The maximum atomic E-state index is 11.4. The van der Waals surface area contributed by atoms with Gasteiger partial charge in [-0.1, -0.05) is 68.5 Å². The van der Waals surface area contributed by atoms with E-state index in [1.54, 1.807) is 0 Å². The molecule has 0 aliphatic carbocycles. The second-order valence-electron chi connectivity index (χ2n) is 4.44. The standard InChI is InChI=1S/C13H26INO/c1-3-4-5-6-7-8-9-13(16)15-11-10-12(2)14/h12H,3-11H2,1-2H3,(H,15,16). The molecule has 16 heavy (non-hydrogen) atoms. The van der Waals surface area contributed by atoms with E-state index >= 15 is 0 Å². The van der Waals surface area contributed by atoms with Crippen LogP contribution in [0.4, 0.5) is 0 Å². The zero-order valence-corrected chi connectivity index (χ0v) is 12.9. The summed E-state index contributed by atoms with van der Waals surface area (Å²) in [4.78, 5) is 11.4. The van der Waals surface area contributed by atoms with Gasteiger partial charge in [0.05, 0.1) is 0 Å². The van der Waals surface area contributed by atoms with Crippen LogP contribution in [0.1, 0.15) is 65.2 Å². The van der Waals surface area contributed by atoms with Crippen molar-refractivity contribution in [3.8, 4) is 0 Å². The van der Waals surface area contributed by atoms with Crippen molar-refractivity contribution in [1.29, 1.82) is 0 Å². The van der Waals surface area contributed by atoms with Gasteiger partial charge in [0.2, 0.25) is 5.91 Å². The molecule has 0 aromatic rings. The number of halogens is 1. The molecule has 0 aliphatic rings. The lowest BCUT2D eigenvalue weighted by Gasteiger charge is -2.06. The summed E-state index contributed by atoms with van der Waals surface area (Å²) in [6.45, 7) is 5.22. The minimum atomic E-state index is 0.229. The highest BCUT2D eigenvalue weighted by Gasteiger charge is 2.01. The van der Waals surface area contributed by atoms with Crippen LogP contribution in [0.15, 0.2) is 0 Å². The Hall–Kier alpha value is 0.200. The molecule has 1 unspecified atom stereocenters. The fraction of sp³-hybridized carbons (Fsp3) is 0.923. The Morgan fingerprint density at radius 1 is 1.19 bits per heavy atom. The van der Waals surface area contributed by atoms with Crippen LogP contribution in [-0.2, 0) is 4.79 Å². The lowest BCUT2D eigenvalue weighted by atomic mass is 10.1. The van der Waals surface area contributed by atoms with Crippen LogP contribution in [0, 0.1) is 0 Å². The fourth-order valence-electron chi connectivity index (χ4n) is 1.56. The van der Waals surface area contributed by atoms with Gasteiger partial charge in [-0.3, -0.25) is 4.79 Å². The Kier molecular flexibility index (Phi) is 11.8. The van der Waals surface area contributed by atoms with Crippen LogP contribution in [0.2, 0.25) is 0 Å². The molecule has 0 saturated heterocycles. The molecule has 0 rings (SSSR count). The second kappa shape index (κ2) is 11.7. The number of alkyl halides is 1. The van der Waals surface area contributed by atoms with E-state index in [4.69, 9.17) is 0 Å². The van der Waals surface area contributed by atoms with Crippen molar-refractivity contribution in [3.63, 3.8) is 0 Å². The Morgan fingerprint density at radius 3 is 2.44 bits per heavy atom. The molecule has 3 heteroatoms. The maximum Gasteiger partial charge on any atom is 0.219 e. The van der Waals surface area contributed by atoms with E-state index in [9.17, 15) is 4.79 Å². The first-order valence-electron chi connectivity index (χ1n) is 6.57. The summed E-state index contributed by atoms with van der Waals surface area (Å²) < 4.78 is 0.645. The normalized spacial score (nSPS) is 12.4. The van der Waals surface area contributed by atoms with Crippen molar-refractivity contribution >= 4 is 28.5 Å². The zero-order valence-electron chi connectivity index (χ0n) is 10.7. The van der Waals surface area contributed by atoms with Crippen LogP contribution >= 0.6 is 22.6 Å². The number of hydrogen-bond donors (Lipinski definition) is 1. The number of amides is 1. The summed E-state index contributed by atoms with van der Waals surface area (Å²) in [5.41, 5.74) is 0. The van der Waals surface area contributed by atoms with E-state index in [2.05, 4.69) is 41.8 Å². The number of carbonyl (C=O) groups is 1. The van der Waals surface area contributed by atoms with Crippen LogP contribution in [0.5, 0.6) is 0 Å². The summed E-state index contributed by atoms with van der Waals surface area (Å²) in [6, 6.07) is 0. The van der Waals surface area contributed by atoms with E-state index in [1.165, 1.54) is 32.1 Å². The molecular formula is C13H26INO. The predicted molar refractivity (Wildman–Crippen MR) is 79.1 cm³/mol. The van der Waals surface area contributed by atoms with Crippen molar-refractivity contribution in [2.24, 2.45) is 0 Å². The van der Waals surface area contributed by atoms with Gasteiger partial charge in [0.25, 0.3) is 0 Å². The molecule has 1 atom stereocenters. The van der Waals surface area contributed by atoms with E-state index in [0.717, 1.165) is 19.4 Å². The first kappa shape index (κ1) is 16.2. The number of unbranched alkanes of at least 4 members (excludes halogenated alkanes) is 5. The maximum absolute atomic E-state index is 11.4. The molecule has 0 saturated carbocycles. The fourth-order valence-corrected chi connectivity index (χ4v) is 1.88. The van der Waals surface area contributed by atoms with E-state index in [0.29, 0.717) is 10.3 Å². The molecule has 0 fully saturated rings. The molecule has 1 amide bonds. The predicted octanol–water partition coefficient (Wildman–Crippen LogP) is 4.07. The highest BCUT2D eigenvalue weighted by atomic mass is 127. The highest BCUT2D eigenvalue weighted by Crippen LogP contribution is 2.07. The first-order chi connectivity index (χ1) is 7.66. The van der Waals surface area contributed by atoms with E-state index in [-0.39, 0.29) is 5.91 Å². The number of hydrogen-bond acceptors (Lipinski definition) is 1. The molecular weight excluding hydrogens is 313 g/mol. The van der Waals surface area contributed by atoms with E-state index in [1.807, 2.05) is 0 Å². The third-order valence-electron chi connectivity index (χ3n) is 2.62. The van der Waals surface area contributed by atoms with Crippen LogP contribution in [-0.4, -0.2) is 16.4 Å². The van der Waals surface area contributed by atoms with Gasteiger partial charge in [0, 0.05) is 16.9 Å². The van der Waals surface area contributed by atoms with Gasteiger partial charge in [-0.2, -0.15) is 0 Å². The van der Waals surface area contributed by atoms with Crippen molar-refractivity contribution in [3.05, 3.63) is 0 Å². The minimum Gasteiger partial charge on any atom is -0.356 e.